The van der Waals surface area contributed by atoms with Gasteiger partial charge in [-0.15, -0.1) is 0 Å². The number of hydrogen-bond acceptors (Lipinski definition) is 0. The highest BCUT2D eigenvalue weighted by atomic mass is 15.0. The lowest BCUT2D eigenvalue weighted by molar-refractivity contribution is 0.761. The van der Waals surface area contributed by atoms with E-state index in [0.717, 1.165) is 11.4 Å². The van der Waals surface area contributed by atoms with Crippen molar-refractivity contribution >= 4 is 65.4 Å². The Morgan fingerprint density at radius 3 is 1.40 bits per heavy atom. The minimum atomic E-state index is 0.182. The predicted octanol–water partition coefficient (Wildman–Crippen LogP) is 15.6. The fraction of sp³-hybridized carbons (Fsp3) is 0.0323. The molecule has 0 saturated carbocycles. The molecule has 3 nitrogen and oxygen atoms in total. The summed E-state index contributed by atoms with van der Waals surface area (Å²) >= 11 is 0. The van der Waals surface area contributed by atoms with Crippen molar-refractivity contribution in [3.8, 4) is 28.2 Å². The second kappa shape index (κ2) is 13.1. The summed E-state index contributed by atoms with van der Waals surface area (Å²) in [5.41, 5.74) is 21.8. The molecular formula is C62H39N3. The zero-order chi connectivity index (χ0) is 42.3. The van der Waals surface area contributed by atoms with Crippen LogP contribution in [-0.2, 0) is 0 Å². The molecule has 3 aromatic heterocycles. The Labute approximate surface area is 375 Å². The van der Waals surface area contributed by atoms with Crippen molar-refractivity contribution in [3.63, 3.8) is 0 Å². The molecule has 3 aliphatic rings. The van der Waals surface area contributed by atoms with E-state index in [0.29, 0.717) is 0 Å². The van der Waals surface area contributed by atoms with Crippen LogP contribution in [0.2, 0.25) is 0 Å². The van der Waals surface area contributed by atoms with Crippen LogP contribution in [-0.4, -0.2) is 13.7 Å². The first-order chi connectivity index (χ1) is 32.3. The van der Waals surface area contributed by atoms with Gasteiger partial charge in [0.2, 0.25) is 0 Å². The van der Waals surface area contributed by atoms with Crippen LogP contribution in [0.1, 0.15) is 45.2 Å². The first-order valence-corrected chi connectivity index (χ1v) is 22.8. The summed E-state index contributed by atoms with van der Waals surface area (Å²) < 4.78 is 7.40. The van der Waals surface area contributed by atoms with Gasteiger partial charge < -0.3 is 13.7 Å². The van der Waals surface area contributed by atoms with Crippen LogP contribution in [0.25, 0.3) is 93.6 Å². The average molecular weight is 826 g/mol. The Morgan fingerprint density at radius 1 is 0.277 bits per heavy atom. The van der Waals surface area contributed by atoms with Gasteiger partial charge in [0.25, 0.3) is 0 Å². The molecule has 0 amide bonds. The molecule has 0 aliphatic heterocycles. The quantitative estimate of drug-likeness (QED) is 0.168. The highest BCUT2D eigenvalue weighted by molar-refractivity contribution is 6.14. The van der Waals surface area contributed by atoms with Gasteiger partial charge in [0, 0.05) is 61.1 Å². The van der Waals surface area contributed by atoms with E-state index in [1.807, 2.05) is 0 Å². The molecule has 0 unspecified atom stereocenters. The van der Waals surface area contributed by atoms with Gasteiger partial charge in [-0.05, 0) is 106 Å². The Hall–Kier alpha value is -8.40. The molecule has 302 valence electrons. The average Bonchev–Trinajstić information content (AvgIpc) is 4.02. The van der Waals surface area contributed by atoms with E-state index in [-0.39, 0.29) is 11.8 Å². The maximum atomic E-state index is 2.53. The van der Waals surface area contributed by atoms with E-state index in [2.05, 4.69) is 238 Å². The lowest BCUT2D eigenvalue weighted by atomic mass is 9.60. The van der Waals surface area contributed by atoms with E-state index in [1.54, 1.807) is 0 Å². The molecule has 10 aromatic carbocycles. The van der Waals surface area contributed by atoms with Gasteiger partial charge in [0.15, 0.2) is 0 Å². The van der Waals surface area contributed by atoms with Crippen LogP contribution in [0.5, 0.6) is 0 Å². The van der Waals surface area contributed by atoms with Gasteiger partial charge >= 0.3 is 0 Å². The Morgan fingerprint density at radius 2 is 0.754 bits per heavy atom. The van der Waals surface area contributed by atoms with Gasteiger partial charge in [0.05, 0.1) is 38.8 Å². The number of benzene rings is 10. The van der Waals surface area contributed by atoms with E-state index in [1.165, 1.54) is 116 Å². The lowest BCUT2D eigenvalue weighted by Crippen LogP contribution is -2.27. The third-order valence-corrected chi connectivity index (χ3v) is 14.8. The van der Waals surface area contributed by atoms with E-state index in [9.17, 15) is 0 Å². The van der Waals surface area contributed by atoms with Crippen LogP contribution in [0.3, 0.4) is 0 Å². The third-order valence-electron chi connectivity index (χ3n) is 14.8. The van der Waals surface area contributed by atoms with Gasteiger partial charge in [-0.3, -0.25) is 0 Å². The first kappa shape index (κ1) is 35.1. The maximum absolute atomic E-state index is 2.53. The highest BCUT2D eigenvalue weighted by Crippen LogP contribution is 2.58. The minimum Gasteiger partial charge on any atom is -0.309 e. The summed E-state index contributed by atoms with van der Waals surface area (Å²) in [6, 6.07) is 83.7. The molecule has 2 bridgehead atoms. The Bertz CT molecular complexity index is 4050. The third kappa shape index (κ3) is 4.69. The highest BCUT2D eigenvalue weighted by Gasteiger charge is 2.42. The minimum absolute atomic E-state index is 0.182. The number of aromatic nitrogens is 3. The van der Waals surface area contributed by atoms with Crippen LogP contribution >= 0.6 is 0 Å². The van der Waals surface area contributed by atoms with Crippen molar-refractivity contribution in [2.45, 2.75) is 11.8 Å². The topological polar surface area (TPSA) is 14.8 Å². The van der Waals surface area contributed by atoms with E-state index >= 15 is 0 Å². The van der Waals surface area contributed by atoms with Crippen LogP contribution in [0.15, 0.2) is 224 Å². The van der Waals surface area contributed by atoms with Crippen LogP contribution in [0.4, 0.5) is 0 Å². The van der Waals surface area contributed by atoms with Gasteiger partial charge in [-0.25, -0.2) is 0 Å². The molecule has 13 aromatic rings. The fourth-order valence-corrected chi connectivity index (χ4v) is 12.3. The maximum Gasteiger partial charge on any atom is 0.0544 e. The van der Waals surface area contributed by atoms with Crippen molar-refractivity contribution in [3.05, 3.63) is 258 Å². The number of nitrogens with zero attached hydrogens (tertiary/aromatic N) is 3. The molecule has 65 heavy (non-hydrogen) atoms. The number of fused-ring (bicyclic) bond motifs is 9. The number of rotatable bonds is 4. The monoisotopic (exact) mass is 825 g/mol. The van der Waals surface area contributed by atoms with Crippen LogP contribution in [0, 0.1) is 0 Å². The summed E-state index contributed by atoms with van der Waals surface area (Å²) in [6.07, 6.45) is 0. The molecule has 0 spiro atoms. The zero-order valence-corrected chi connectivity index (χ0v) is 35.4. The second-order valence-corrected chi connectivity index (χ2v) is 17.9. The molecule has 3 aliphatic carbocycles. The Kier molecular flexibility index (Phi) is 7.06. The molecule has 0 fully saturated rings. The zero-order valence-electron chi connectivity index (χ0n) is 35.4. The SMILES string of the molecule is c1cc(-c2ccccc2-n2c3ccccc3c3c4c(ccc32)C2c3ccccc3C4c3ccccc32)cc(-n2c3ccccc3c3cc(-n4c5ccccc5c5ccccc54)ccc32)c1. The molecule has 3 heterocycles. The summed E-state index contributed by atoms with van der Waals surface area (Å²) in [4.78, 5) is 0. The molecule has 16 rings (SSSR count). The van der Waals surface area contributed by atoms with Gasteiger partial charge in [-0.2, -0.15) is 0 Å². The summed E-state index contributed by atoms with van der Waals surface area (Å²) in [5, 5.41) is 7.68. The summed E-state index contributed by atoms with van der Waals surface area (Å²) in [5.74, 6) is 0.409. The Balaban J connectivity index is 0.916. The molecular weight excluding hydrogens is 787 g/mol. The molecule has 0 atom stereocenters. The van der Waals surface area contributed by atoms with E-state index in [4.69, 9.17) is 0 Å². The molecule has 0 N–H and O–H groups in total. The second-order valence-electron chi connectivity index (χ2n) is 17.9. The van der Waals surface area contributed by atoms with Crippen molar-refractivity contribution in [2.24, 2.45) is 0 Å². The first-order valence-electron chi connectivity index (χ1n) is 22.8. The van der Waals surface area contributed by atoms with Gasteiger partial charge in [-0.1, -0.05) is 158 Å². The smallest absolute Gasteiger partial charge is 0.0544 e. The normalized spacial score (nSPS) is 15.1. The fourth-order valence-electron chi connectivity index (χ4n) is 12.3. The van der Waals surface area contributed by atoms with Crippen LogP contribution < -0.4 is 0 Å². The largest absolute Gasteiger partial charge is 0.309 e. The molecule has 3 heteroatoms. The van der Waals surface area contributed by atoms with Crippen molar-refractivity contribution in [2.75, 3.05) is 0 Å². The molecule has 0 radical (unpaired) electrons. The van der Waals surface area contributed by atoms with Crippen molar-refractivity contribution in [1.29, 1.82) is 0 Å². The standard InChI is InChI=1S/C62H39N3/c1-3-24-47-45(22-1)59-46-23-2-4-25-48(46)60(47)62-50(59)33-35-58-61(62)49-26-9-14-31-56(49)65(58)52-27-10-5-18-41(52)38-16-15-17-39(36-38)63-55-30-13-8-21-44(55)51-37-40(32-34-57(51)63)64-53-28-11-6-19-42(53)43-20-7-12-29-54(43)64/h1-37,59-60H. The lowest BCUT2D eigenvalue weighted by Gasteiger charge is -2.42. The molecule has 0 saturated heterocycles. The summed E-state index contributed by atoms with van der Waals surface area (Å²) in [6.45, 7) is 0. The van der Waals surface area contributed by atoms with Crippen molar-refractivity contribution in [1.82, 2.24) is 13.7 Å². The van der Waals surface area contributed by atoms with E-state index < -0.39 is 0 Å². The number of para-hydroxylation sites is 5. The predicted molar refractivity (Wildman–Crippen MR) is 270 cm³/mol. The number of hydrogen-bond donors (Lipinski definition) is 0. The summed E-state index contributed by atoms with van der Waals surface area (Å²) in [7, 11) is 0. The van der Waals surface area contributed by atoms with Gasteiger partial charge in [0.1, 0.15) is 0 Å². The van der Waals surface area contributed by atoms with Crippen molar-refractivity contribution < 1.29 is 0 Å².